The van der Waals surface area contributed by atoms with Crippen molar-refractivity contribution in [2.45, 2.75) is 17.4 Å². The van der Waals surface area contributed by atoms with Gasteiger partial charge in [-0.2, -0.15) is 0 Å². The molecule has 30 heavy (non-hydrogen) atoms. The minimum atomic E-state index is -3.99. The highest BCUT2D eigenvalue weighted by Gasteiger charge is 2.29. The van der Waals surface area contributed by atoms with Crippen molar-refractivity contribution in [3.05, 3.63) is 52.5 Å². The van der Waals surface area contributed by atoms with E-state index >= 15 is 0 Å². The molecule has 0 aliphatic carbocycles. The maximum Gasteiger partial charge on any atom is 0.262 e. The first-order valence-electron chi connectivity index (χ1n) is 8.75. The fourth-order valence-corrected chi connectivity index (χ4v) is 5.98. The topological polar surface area (TPSA) is 119 Å². The van der Waals surface area contributed by atoms with Crippen molar-refractivity contribution in [2.24, 2.45) is 0 Å². The summed E-state index contributed by atoms with van der Waals surface area (Å²) in [5.74, 6) is -0.425. The highest BCUT2D eigenvalue weighted by Crippen LogP contribution is 2.29. The van der Waals surface area contributed by atoms with Crippen molar-refractivity contribution < 1.29 is 26.4 Å². The molecule has 1 fully saturated rings. The summed E-state index contributed by atoms with van der Waals surface area (Å²) >= 11 is 11.7. The number of rotatable bonds is 7. The van der Waals surface area contributed by atoms with Crippen LogP contribution in [-0.4, -0.2) is 46.9 Å². The maximum atomic E-state index is 12.6. The van der Waals surface area contributed by atoms with Crippen LogP contribution in [0.15, 0.2) is 47.4 Å². The third-order valence-corrected chi connectivity index (χ3v) is 8.16. The van der Waals surface area contributed by atoms with Crippen molar-refractivity contribution in [1.29, 1.82) is 0 Å². The van der Waals surface area contributed by atoms with Gasteiger partial charge in [-0.25, -0.2) is 16.8 Å². The smallest absolute Gasteiger partial charge is 0.262 e. The zero-order valence-corrected chi connectivity index (χ0v) is 18.6. The molecule has 0 aromatic heterocycles. The van der Waals surface area contributed by atoms with Gasteiger partial charge >= 0.3 is 0 Å². The summed E-state index contributed by atoms with van der Waals surface area (Å²) in [7, 11) is -7.10. The lowest BCUT2D eigenvalue weighted by atomic mass is 10.2. The van der Waals surface area contributed by atoms with Crippen molar-refractivity contribution >= 4 is 54.7 Å². The third-order valence-electron chi connectivity index (χ3n) is 4.29. The van der Waals surface area contributed by atoms with E-state index in [4.69, 9.17) is 27.9 Å². The Morgan fingerprint density at radius 1 is 1.13 bits per heavy atom. The number of anilines is 1. The predicted octanol–water partition coefficient (Wildman–Crippen LogP) is 2.48. The molecule has 1 aliphatic rings. The number of halogens is 2. The van der Waals surface area contributed by atoms with Crippen LogP contribution in [-0.2, 0) is 24.7 Å². The molecular formula is C18H18Cl2N2O6S2. The summed E-state index contributed by atoms with van der Waals surface area (Å²) in [6.45, 7) is -0.401. The van der Waals surface area contributed by atoms with Gasteiger partial charge < -0.3 is 10.1 Å². The molecule has 8 nitrogen and oxygen atoms in total. The Morgan fingerprint density at radius 3 is 2.53 bits per heavy atom. The van der Waals surface area contributed by atoms with E-state index in [2.05, 4.69) is 10.0 Å². The quantitative estimate of drug-likeness (QED) is 0.612. The molecule has 0 spiro atoms. The Kier molecular flexibility index (Phi) is 6.81. The van der Waals surface area contributed by atoms with Crippen molar-refractivity contribution in [3.63, 3.8) is 0 Å². The Bertz CT molecular complexity index is 1170. The molecule has 3 rings (SSSR count). The van der Waals surface area contributed by atoms with Crippen molar-refractivity contribution in [3.8, 4) is 5.75 Å². The van der Waals surface area contributed by atoms with Crippen LogP contribution in [0.5, 0.6) is 5.75 Å². The van der Waals surface area contributed by atoms with E-state index in [1.807, 2.05) is 0 Å². The first-order chi connectivity index (χ1) is 14.1. The normalized spacial score (nSPS) is 18.0. The molecule has 2 aromatic rings. The highest BCUT2D eigenvalue weighted by atomic mass is 35.5. The second-order valence-electron chi connectivity index (χ2n) is 6.63. The molecule has 1 unspecified atom stereocenters. The van der Waals surface area contributed by atoms with Gasteiger partial charge in [0, 0.05) is 6.04 Å². The summed E-state index contributed by atoms with van der Waals surface area (Å²) in [6.07, 6.45) is 0.355. The molecule has 12 heteroatoms. The summed E-state index contributed by atoms with van der Waals surface area (Å²) < 4.78 is 56.1. The third kappa shape index (κ3) is 5.78. The lowest BCUT2D eigenvalue weighted by molar-refractivity contribution is -0.123. The number of sulfone groups is 1. The molecule has 2 aromatic carbocycles. The molecule has 2 N–H and O–H groups in total. The van der Waals surface area contributed by atoms with Crippen LogP contribution >= 0.6 is 23.2 Å². The van der Waals surface area contributed by atoms with E-state index in [0.717, 1.165) is 0 Å². The van der Waals surface area contributed by atoms with E-state index in [1.165, 1.54) is 30.3 Å². The van der Waals surface area contributed by atoms with Gasteiger partial charge in [0.2, 0.25) is 0 Å². The second kappa shape index (κ2) is 9.01. The van der Waals surface area contributed by atoms with E-state index in [-0.39, 0.29) is 37.9 Å². The summed E-state index contributed by atoms with van der Waals surface area (Å²) in [4.78, 5) is 12.0. The van der Waals surface area contributed by atoms with Gasteiger partial charge in [0.25, 0.3) is 15.9 Å². The Hall–Kier alpha value is -2.01. The average Bonchev–Trinajstić information content (AvgIpc) is 3.01. The predicted molar refractivity (Wildman–Crippen MR) is 114 cm³/mol. The van der Waals surface area contributed by atoms with Crippen LogP contribution in [0.2, 0.25) is 10.0 Å². The van der Waals surface area contributed by atoms with Crippen LogP contribution in [0, 0.1) is 0 Å². The van der Waals surface area contributed by atoms with E-state index < -0.39 is 38.4 Å². The molecule has 1 atom stereocenters. The summed E-state index contributed by atoms with van der Waals surface area (Å²) in [5, 5.41) is 2.92. The standard InChI is InChI=1S/C18H18Cl2N2O6S2/c19-14-6-5-13(9-15(14)20)30(26,27)22-16-3-1-2-4-17(16)28-10-18(23)21-12-7-8-29(24,25)11-12/h1-6,9,12,22H,7-8,10-11H2,(H,21,23). The molecule has 1 amide bonds. The van der Waals surface area contributed by atoms with Crippen LogP contribution < -0.4 is 14.8 Å². The molecule has 0 radical (unpaired) electrons. The fourth-order valence-electron chi connectivity index (χ4n) is 2.85. The number of carbonyl (C=O) groups is 1. The second-order valence-corrected chi connectivity index (χ2v) is 11.4. The number of para-hydroxylation sites is 2. The van der Waals surface area contributed by atoms with Gasteiger partial charge in [-0.3, -0.25) is 9.52 Å². The van der Waals surface area contributed by atoms with E-state index in [9.17, 15) is 21.6 Å². The monoisotopic (exact) mass is 492 g/mol. The molecule has 1 aliphatic heterocycles. The fraction of sp³-hybridized carbons (Fsp3) is 0.278. The van der Waals surface area contributed by atoms with Gasteiger partial charge in [-0.15, -0.1) is 0 Å². The summed E-state index contributed by atoms with van der Waals surface area (Å²) in [6, 6.07) is 9.65. The number of sulfonamides is 1. The number of hydrogen-bond acceptors (Lipinski definition) is 6. The number of nitrogens with one attached hydrogen (secondary N) is 2. The van der Waals surface area contributed by atoms with Crippen LogP contribution in [0.1, 0.15) is 6.42 Å². The maximum absolute atomic E-state index is 12.6. The molecular weight excluding hydrogens is 475 g/mol. The molecule has 0 bridgehead atoms. The number of ether oxygens (including phenoxy) is 1. The van der Waals surface area contributed by atoms with E-state index in [1.54, 1.807) is 12.1 Å². The van der Waals surface area contributed by atoms with Crippen LogP contribution in [0.3, 0.4) is 0 Å². The van der Waals surface area contributed by atoms with Gasteiger partial charge in [0.1, 0.15) is 5.75 Å². The average molecular weight is 493 g/mol. The minimum Gasteiger partial charge on any atom is -0.482 e. The Morgan fingerprint density at radius 2 is 1.87 bits per heavy atom. The first-order valence-corrected chi connectivity index (χ1v) is 12.8. The van der Waals surface area contributed by atoms with Crippen molar-refractivity contribution in [1.82, 2.24) is 5.32 Å². The van der Waals surface area contributed by atoms with Gasteiger partial charge in [0.15, 0.2) is 16.4 Å². The van der Waals surface area contributed by atoms with Gasteiger partial charge in [-0.05, 0) is 36.8 Å². The van der Waals surface area contributed by atoms with Crippen LogP contribution in [0.25, 0.3) is 0 Å². The minimum absolute atomic E-state index is 0.0398. The molecule has 1 heterocycles. The lowest BCUT2D eigenvalue weighted by Gasteiger charge is -2.15. The molecule has 162 valence electrons. The molecule has 0 saturated carbocycles. The zero-order chi connectivity index (χ0) is 21.9. The van der Waals surface area contributed by atoms with Crippen molar-refractivity contribution in [2.75, 3.05) is 22.8 Å². The molecule has 1 saturated heterocycles. The lowest BCUT2D eigenvalue weighted by Crippen LogP contribution is -2.38. The number of amides is 1. The Labute approximate surface area is 184 Å². The number of benzene rings is 2. The summed E-state index contributed by atoms with van der Waals surface area (Å²) in [5.41, 5.74) is 0.125. The SMILES string of the molecule is O=C(COc1ccccc1NS(=O)(=O)c1ccc(Cl)c(Cl)c1)NC1CCS(=O)(=O)C1. The zero-order valence-electron chi connectivity index (χ0n) is 15.5. The number of carbonyl (C=O) groups excluding carboxylic acids is 1. The largest absolute Gasteiger partial charge is 0.482 e. The van der Waals surface area contributed by atoms with Gasteiger partial charge in [0.05, 0.1) is 32.1 Å². The van der Waals surface area contributed by atoms with E-state index in [0.29, 0.717) is 6.42 Å². The highest BCUT2D eigenvalue weighted by molar-refractivity contribution is 7.92. The first kappa shape index (κ1) is 22.7. The van der Waals surface area contributed by atoms with Crippen LogP contribution in [0.4, 0.5) is 5.69 Å². The van der Waals surface area contributed by atoms with Gasteiger partial charge in [-0.1, -0.05) is 35.3 Å². The Balaban J connectivity index is 1.67. The number of hydrogen-bond donors (Lipinski definition) is 2.